The molecule has 31 heavy (non-hydrogen) atoms. The maximum absolute atomic E-state index is 13.2. The van der Waals surface area contributed by atoms with E-state index in [0.717, 1.165) is 38.6 Å². The number of H-pyrrole nitrogens is 1. The lowest BCUT2D eigenvalue weighted by atomic mass is 9.99. The van der Waals surface area contributed by atoms with Crippen molar-refractivity contribution in [3.05, 3.63) is 60.4 Å². The summed E-state index contributed by atoms with van der Waals surface area (Å²) in [4.78, 5) is 18.6. The zero-order chi connectivity index (χ0) is 22.1. The minimum absolute atomic E-state index is 0.153. The number of rotatable bonds is 5. The SMILES string of the molecule is Cc1cc(C)cc(-c2c(OCC[C@@H]3CCCCN3C)c3cc(I)c(Cl)cc3[nH]c2=O)c1. The smallest absolute Gasteiger partial charge is 0.260 e. The second kappa shape index (κ2) is 9.51. The number of nitrogens with zero attached hydrogens (tertiary/aromatic N) is 1. The molecule has 0 spiro atoms. The predicted octanol–water partition coefficient (Wildman–Crippen LogP) is 6.32. The number of pyridine rings is 1. The molecule has 0 aliphatic carbocycles. The van der Waals surface area contributed by atoms with E-state index in [1.54, 1.807) is 0 Å². The van der Waals surface area contributed by atoms with Crippen molar-refractivity contribution in [3.8, 4) is 16.9 Å². The van der Waals surface area contributed by atoms with Crippen LogP contribution < -0.4 is 10.3 Å². The molecule has 2 heterocycles. The standard InChI is InChI=1S/C25H28ClIN2O2/c1-15-10-16(2)12-17(11-15)23-24(31-9-7-18-6-4-5-8-29(18)3)19-13-21(27)20(26)14-22(19)28-25(23)30/h10-14,18H,4-9H2,1-3H3,(H,28,30)/t18-/m0/s1. The lowest BCUT2D eigenvalue weighted by Gasteiger charge is -2.32. The van der Waals surface area contributed by atoms with Gasteiger partial charge >= 0.3 is 0 Å². The van der Waals surface area contributed by atoms with Gasteiger partial charge in [-0.3, -0.25) is 4.79 Å². The Bertz CT molecular complexity index is 1150. The number of aromatic nitrogens is 1. The molecule has 6 heteroatoms. The molecule has 1 saturated heterocycles. The Hall–Kier alpha value is -1.57. The molecule has 0 radical (unpaired) electrons. The van der Waals surface area contributed by atoms with Crippen molar-refractivity contribution in [2.45, 2.75) is 45.6 Å². The van der Waals surface area contributed by atoms with E-state index in [1.165, 1.54) is 19.3 Å². The van der Waals surface area contributed by atoms with E-state index in [0.29, 0.717) is 34.5 Å². The van der Waals surface area contributed by atoms with E-state index in [9.17, 15) is 4.79 Å². The fourth-order valence-corrected chi connectivity index (χ4v) is 5.23. The van der Waals surface area contributed by atoms with Crippen LogP contribution in [0, 0.1) is 17.4 Å². The summed E-state index contributed by atoms with van der Waals surface area (Å²) >= 11 is 8.56. The molecule has 2 aromatic carbocycles. The van der Waals surface area contributed by atoms with E-state index < -0.39 is 0 Å². The monoisotopic (exact) mass is 550 g/mol. The maximum Gasteiger partial charge on any atom is 0.260 e. The average Bonchev–Trinajstić information content (AvgIpc) is 2.70. The second-order valence-electron chi connectivity index (χ2n) is 8.61. The number of hydrogen-bond acceptors (Lipinski definition) is 3. The van der Waals surface area contributed by atoms with Crippen molar-refractivity contribution in [3.63, 3.8) is 0 Å². The summed E-state index contributed by atoms with van der Waals surface area (Å²) < 4.78 is 7.35. The molecule has 1 N–H and O–H groups in total. The highest BCUT2D eigenvalue weighted by Gasteiger charge is 2.21. The first-order chi connectivity index (χ1) is 14.8. The van der Waals surface area contributed by atoms with Crippen LogP contribution in [-0.4, -0.2) is 36.1 Å². The fraction of sp³-hybridized carbons (Fsp3) is 0.400. The van der Waals surface area contributed by atoms with Crippen molar-refractivity contribution >= 4 is 45.1 Å². The topological polar surface area (TPSA) is 45.3 Å². The third kappa shape index (κ3) is 4.94. The zero-order valence-electron chi connectivity index (χ0n) is 18.2. The van der Waals surface area contributed by atoms with Crippen molar-refractivity contribution in [1.82, 2.24) is 9.88 Å². The molecule has 164 valence electrons. The molecule has 1 fully saturated rings. The number of aromatic amines is 1. The van der Waals surface area contributed by atoms with Gasteiger partial charge in [-0.2, -0.15) is 0 Å². The van der Waals surface area contributed by atoms with Crippen LogP contribution in [0.4, 0.5) is 0 Å². The van der Waals surface area contributed by atoms with Crippen LogP contribution in [0.3, 0.4) is 0 Å². The van der Waals surface area contributed by atoms with E-state index in [-0.39, 0.29) is 5.56 Å². The number of nitrogens with one attached hydrogen (secondary N) is 1. The molecule has 4 rings (SSSR count). The van der Waals surface area contributed by atoms with Crippen LogP contribution in [-0.2, 0) is 0 Å². The van der Waals surface area contributed by atoms with Gasteiger partial charge in [-0.1, -0.05) is 47.3 Å². The van der Waals surface area contributed by atoms with Crippen molar-refractivity contribution in [1.29, 1.82) is 0 Å². The Labute approximate surface area is 202 Å². The minimum atomic E-state index is -0.153. The Morgan fingerprint density at radius 2 is 1.90 bits per heavy atom. The Kier molecular flexibility index (Phi) is 6.94. The number of fused-ring (bicyclic) bond motifs is 1. The Morgan fingerprint density at radius 1 is 1.16 bits per heavy atom. The summed E-state index contributed by atoms with van der Waals surface area (Å²) in [7, 11) is 2.19. The highest BCUT2D eigenvalue weighted by atomic mass is 127. The summed E-state index contributed by atoms with van der Waals surface area (Å²) in [6.45, 7) is 5.81. The van der Waals surface area contributed by atoms with Gasteiger partial charge in [-0.05, 0) is 87.0 Å². The largest absolute Gasteiger partial charge is 0.492 e. The highest BCUT2D eigenvalue weighted by Crippen LogP contribution is 2.37. The van der Waals surface area contributed by atoms with Crippen molar-refractivity contribution in [2.75, 3.05) is 20.2 Å². The summed E-state index contributed by atoms with van der Waals surface area (Å²) in [5.41, 5.74) is 4.27. The first-order valence-corrected chi connectivity index (χ1v) is 12.3. The molecule has 0 amide bonds. The third-order valence-electron chi connectivity index (χ3n) is 6.14. The second-order valence-corrected chi connectivity index (χ2v) is 10.2. The van der Waals surface area contributed by atoms with E-state index in [4.69, 9.17) is 16.3 Å². The molecular weight excluding hydrogens is 523 g/mol. The first kappa shape index (κ1) is 22.6. The van der Waals surface area contributed by atoms with Gasteiger partial charge in [0.05, 0.1) is 22.7 Å². The lowest BCUT2D eigenvalue weighted by Crippen LogP contribution is -2.37. The summed E-state index contributed by atoms with van der Waals surface area (Å²) in [6.07, 6.45) is 4.69. The van der Waals surface area contributed by atoms with Gasteiger partial charge in [0.1, 0.15) is 5.75 Å². The minimum Gasteiger partial charge on any atom is -0.492 e. The van der Waals surface area contributed by atoms with Gasteiger partial charge in [0.25, 0.3) is 5.56 Å². The van der Waals surface area contributed by atoms with Crippen LogP contribution in [0.15, 0.2) is 35.1 Å². The predicted molar refractivity (Wildman–Crippen MR) is 138 cm³/mol. The maximum atomic E-state index is 13.2. The molecule has 0 unspecified atom stereocenters. The number of halogens is 2. The van der Waals surface area contributed by atoms with Crippen molar-refractivity contribution in [2.24, 2.45) is 0 Å². The van der Waals surface area contributed by atoms with Gasteiger partial charge in [0.2, 0.25) is 0 Å². The Morgan fingerprint density at radius 3 is 2.61 bits per heavy atom. The Balaban J connectivity index is 1.79. The van der Waals surface area contributed by atoms with Crippen LogP contribution in [0.25, 0.3) is 22.0 Å². The summed E-state index contributed by atoms with van der Waals surface area (Å²) in [5, 5.41) is 1.51. The molecule has 4 nitrogen and oxygen atoms in total. The van der Waals surface area contributed by atoms with Crippen LogP contribution >= 0.6 is 34.2 Å². The summed E-state index contributed by atoms with van der Waals surface area (Å²) in [6, 6.07) is 10.6. The van der Waals surface area contributed by atoms with Crippen molar-refractivity contribution < 1.29 is 4.74 Å². The number of likely N-dealkylation sites (tertiary alicyclic amines) is 1. The van der Waals surface area contributed by atoms with Crippen LogP contribution in [0.5, 0.6) is 5.75 Å². The average molecular weight is 551 g/mol. The molecule has 0 saturated carbocycles. The number of piperidine rings is 1. The van der Waals surface area contributed by atoms with Gasteiger partial charge in [0.15, 0.2) is 0 Å². The van der Waals surface area contributed by atoms with Crippen LogP contribution in [0.2, 0.25) is 5.02 Å². The number of hydrogen-bond donors (Lipinski definition) is 1. The van der Waals surface area contributed by atoms with E-state index in [1.807, 2.05) is 38.1 Å². The number of aryl methyl sites for hydroxylation is 2. The molecule has 3 aromatic rings. The van der Waals surface area contributed by atoms with Gasteiger partial charge in [-0.25, -0.2) is 0 Å². The quantitative estimate of drug-likeness (QED) is 0.378. The first-order valence-electron chi connectivity index (χ1n) is 10.8. The molecular formula is C25H28ClIN2O2. The third-order valence-corrected chi connectivity index (χ3v) is 7.66. The van der Waals surface area contributed by atoms with Gasteiger partial charge in [-0.15, -0.1) is 0 Å². The molecule has 1 aliphatic heterocycles. The normalized spacial score (nSPS) is 17.3. The number of ether oxygens (including phenoxy) is 1. The highest BCUT2D eigenvalue weighted by molar-refractivity contribution is 14.1. The molecule has 1 aliphatic rings. The van der Waals surface area contributed by atoms with E-state index >= 15 is 0 Å². The number of benzene rings is 2. The lowest BCUT2D eigenvalue weighted by molar-refractivity contribution is 0.153. The molecule has 0 bridgehead atoms. The summed E-state index contributed by atoms with van der Waals surface area (Å²) in [5.74, 6) is 0.650. The van der Waals surface area contributed by atoms with E-state index in [2.05, 4.69) is 45.6 Å². The molecule has 1 aromatic heterocycles. The van der Waals surface area contributed by atoms with Crippen LogP contribution in [0.1, 0.15) is 36.8 Å². The fourth-order valence-electron chi connectivity index (χ4n) is 4.60. The van der Waals surface area contributed by atoms with Gasteiger partial charge < -0.3 is 14.6 Å². The van der Waals surface area contributed by atoms with Gasteiger partial charge in [0, 0.05) is 15.0 Å². The zero-order valence-corrected chi connectivity index (χ0v) is 21.1. The molecule has 1 atom stereocenters.